The molecular weight excluding hydrogens is 264 g/mol. The normalized spacial score (nSPS) is 11.7. The highest BCUT2D eigenvalue weighted by Gasteiger charge is 2.15. The highest BCUT2D eigenvalue weighted by molar-refractivity contribution is 6.16. The molecule has 0 spiro atoms. The lowest BCUT2D eigenvalue weighted by Gasteiger charge is -2.08. The molecule has 104 valence electrons. The molecule has 4 heteroatoms. The van der Waals surface area contributed by atoms with Gasteiger partial charge in [-0.25, -0.2) is 0 Å². The van der Waals surface area contributed by atoms with E-state index < -0.39 is 0 Å². The molecule has 0 aliphatic heterocycles. The van der Waals surface area contributed by atoms with Crippen molar-refractivity contribution < 1.29 is 10.2 Å². The Hall–Kier alpha value is -2.75. The van der Waals surface area contributed by atoms with Gasteiger partial charge < -0.3 is 15.2 Å². The zero-order valence-corrected chi connectivity index (χ0v) is 11.7. The number of rotatable bonds is 0. The molecule has 0 fully saturated rings. The molecule has 0 saturated carbocycles. The second kappa shape index (κ2) is 3.88. The summed E-state index contributed by atoms with van der Waals surface area (Å²) in [6.45, 7) is 4.13. The second-order valence-corrected chi connectivity index (χ2v) is 5.43. The first kappa shape index (κ1) is 12.0. The molecule has 3 N–H and O–H groups in total. The van der Waals surface area contributed by atoms with E-state index in [4.69, 9.17) is 0 Å². The van der Waals surface area contributed by atoms with Gasteiger partial charge in [-0.15, -0.1) is 0 Å². The third kappa shape index (κ3) is 1.47. The van der Waals surface area contributed by atoms with Crippen molar-refractivity contribution in [2.45, 2.75) is 13.8 Å². The van der Waals surface area contributed by atoms with Gasteiger partial charge in [-0.1, -0.05) is 0 Å². The SMILES string of the molecule is Cc1c2ccncc2c(C)c2c1[nH]c1cc(O)c(O)cc12. The van der Waals surface area contributed by atoms with E-state index in [0.717, 1.165) is 43.7 Å². The average Bonchev–Trinajstić information content (AvgIpc) is 2.84. The topological polar surface area (TPSA) is 69.1 Å². The third-order valence-electron chi connectivity index (χ3n) is 4.27. The fourth-order valence-electron chi connectivity index (χ4n) is 3.18. The van der Waals surface area contributed by atoms with Crippen LogP contribution in [0, 0.1) is 13.8 Å². The van der Waals surface area contributed by atoms with Gasteiger partial charge in [0.2, 0.25) is 0 Å². The standard InChI is InChI=1S/C17H14N2O2/c1-8-12-7-18-4-3-10(12)9(2)17-16(8)11-5-14(20)15(21)6-13(11)19-17/h3-7,19-21H,1-2H3. The van der Waals surface area contributed by atoms with Crippen molar-refractivity contribution in [3.63, 3.8) is 0 Å². The highest BCUT2D eigenvalue weighted by atomic mass is 16.3. The van der Waals surface area contributed by atoms with E-state index in [1.165, 1.54) is 0 Å². The number of pyridine rings is 1. The number of benzene rings is 2. The number of nitrogens with zero attached hydrogens (tertiary/aromatic N) is 1. The molecule has 0 radical (unpaired) electrons. The lowest BCUT2D eigenvalue weighted by atomic mass is 9.97. The molecule has 2 aromatic carbocycles. The van der Waals surface area contributed by atoms with E-state index in [1.54, 1.807) is 18.3 Å². The number of phenols is 2. The Morgan fingerprint density at radius 2 is 1.71 bits per heavy atom. The Kier molecular flexibility index (Phi) is 2.22. The van der Waals surface area contributed by atoms with Gasteiger partial charge in [0.25, 0.3) is 0 Å². The van der Waals surface area contributed by atoms with Crippen molar-refractivity contribution in [1.29, 1.82) is 0 Å². The van der Waals surface area contributed by atoms with E-state index in [0.29, 0.717) is 0 Å². The van der Waals surface area contributed by atoms with E-state index in [1.807, 2.05) is 12.3 Å². The minimum atomic E-state index is -0.115. The minimum Gasteiger partial charge on any atom is -0.504 e. The van der Waals surface area contributed by atoms with Crippen LogP contribution in [0.25, 0.3) is 32.6 Å². The van der Waals surface area contributed by atoms with Crippen LogP contribution >= 0.6 is 0 Å². The number of phenolic OH excluding ortho intramolecular Hbond substituents is 2. The molecule has 0 unspecified atom stereocenters. The fraction of sp³-hybridized carbons (Fsp3) is 0.118. The maximum Gasteiger partial charge on any atom is 0.159 e. The summed E-state index contributed by atoms with van der Waals surface area (Å²) in [7, 11) is 0. The van der Waals surface area contributed by atoms with E-state index in [-0.39, 0.29) is 11.5 Å². The molecule has 0 bridgehead atoms. The van der Waals surface area contributed by atoms with Crippen LogP contribution in [0.3, 0.4) is 0 Å². The summed E-state index contributed by atoms with van der Waals surface area (Å²) in [5, 5.41) is 23.7. The molecule has 0 saturated heterocycles. The van der Waals surface area contributed by atoms with Crippen LogP contribution in [0.5, 0.6) is 11.5 Å². The summed E-state index contributed by atoms with van der Waals surface area (Å²) < 4.78 is 0. The number of hydrogen-bond acceptors (Lipinski definition) is 3. The van der Waals surface area contributed by atoms with Gasteiger partial charge in [-0.05, 0) is 42.5 Å². The first-order chi connectivity index (χ1) is 10.1. The molecule has 0 atom stereocenters. The average molecular weight is 278 g/mol. The van der Waals surface area contributed by atoms with Crippen LogP contribution < -0.4 is 0 Å². The van der Waals surface area contributed by atoms with Crippen molar-refractivity contribution in [3.8, 4) is 11.5 Å². The Bertz CT molecular complexity index is 1030. The molecule has 21 heavy (non-hydrogen) atoms. The summed E-state index contributed by atoms with van der Waals surface area (Å²) in [5.74, 6) is -0.220. The van der Waals surface area contributed by atoms with Crippen LogP contribution in [-0.4, -0.2) is 20.2 Å². The number of hydrogen-bond donors (Lipinski definition) is 3. The Morgan fingerprint density at radius 1 is 0.952 bits per heavy atom. The van der Waals surface area contributed by atoms with Crippen LogP contribution in [0.1, 0.15) is 11.1 Å². The molecule has 4 aromatic rings. The summed E-state index contributed by atoms with van der Waals surface area (Å²) in [6.07, 6.45) is 3.66. The van der Waals surface area contributed by atoms with E-state index in [2.05, 4.69) is 23.8 Å². The van der Waals surface area contributed by atoms with Crippen molar-refractivity contribution in [2.24, 2.45) is 0 Å². The first-order valence-electron chi connectivity index (χ1n) is 6.78. The Labute approximate surface area is 120 Å². The van der Waals surface area contributed by atoms with Crippen LogP contribution in [0.15, 0.2) is 30.6 Å². The van der Waals surface area contributed by atoms with Gasteiger partial charge in [0.15, 0.2) is 11.5 Å². The maximum absolute atomic E-state index is 9.79. The monoisotopic (exact) mass is 278 g/mol. The predicted octanol–water partition coefficient (Wildman–Crippen LogP) is 3.90. The number of aryl methyl sites for hydroxylation is 2. The predicted molar refractivity (Wildman–Crippen MR) is 83.9 cm³/mol. The molecule has 0 aliphatic carbocycles. The third-order valence-corrected chi connectivity index (χ3v) is 4.27. The minimum absolute atomic E-state index is 0.105. The van der Waals surface area contributed by atoms with Crippen LogP contribution in [0.4, 0.5) is 0 Å². The Morgan fingerprint density at radius 3 is 2.52 bits per heavy atom. The zero-order valence-electron chi connectivity index (χ0n) is 11.7. The number of fused-ring (bicyclic) bond motifs is 4. The van der Waals surface area contributed by atoms with Gasteiger partial charge in [0.1, 0.15) is 0 Å². The fourth-order valence-corrected chi connectivity index (χ4v) is 3.18. The van der Waals surface area contributed by atoms with Crippen molar-refractivity contribution >= 4 is 32.6 Å². The number of aromatic nitrogens is 2. The molecule has 4 nitrogen and oxygen atoms in total. The molecular formula is C17H14N2O2. The molecule has 2 aromatic heterocycles. The highest BCUT2D eigenvalue weighted by Crippen LogP contribution is 2.39. The van der Waals surface area contributed by atoms with Gasteiger partial charge in [0, 0.05) is 34.6 Å². The summed E-state index contributed by atoms with van der Waals surface area (Å²) in [4.78, 5) is 7.57. The number of aromatic hydroxyl groups is 2. The smallest absolute Gasteiger partial charge is 0.159 e. The van der Waals surface area contributed by atoms with Crippen LogP contribution in [-0.2, 0) is 0 Å². The lowest BCUT2D eigenvalue weighted by molar-refractivity contribution is 0.405. The largest absolute Gasteiger partial charge is 0.504 e. The first-order valence-corrected chi connectivity index (χ1v) is 6.78. The lowest BCUT2D eigenvalue weighted by Crippen LogP contribution is -1.87. The van der Waals surface area contributed by atoms with E-state index >= 15 is 0 Å². The van der Waals surface area contributed by atoms with Crippen molar-refractivity contribution in [3.05, 3.63) is 41.7 Å². The van der Waals surface area contributed by atoms with Gasteiger partial charge in [-0.2, -0.15) is 0 Å². The van der Waals surface area contributed by atoms with Gasteiger partial charge in [0.05, 0.1) is 11.0 Å². The summed E-state index contributed by atoms with van der Waals surface area (Å²) in [5.41, 5.74) is 4.11. The number of aromatic amines is 1. The van der Waals surface area contributed by atoms with Crippen molar-refractivity contribution in [2.75, 3.05) is 0 Å². The number of nitrogens with one attached hydrogen (secondary N) is 1. The zero-order chi connectivity index (χ0) is 14.7. The van der Waals surface area contributed by atoms with Crippen LogP contribution in [0.2, 0.25) is 0 Å². The molecule has 0 aliphatic rings. The molecule has 4 rings (SSSR count). The molecule has 2 heterocycles. The Balaban J connectivity index is 2.34. The number of H-pyrrole nitrogens is 1. The maximum atomic E-state index is 9.79. The second-order valence-electron chi connectivity index (χ2n) is 5.43. The van der Waals surface area contributed by atoms with Gasteiger partial charge in [-0.3, -0.25) is 4.98 Å². The van der Waals surface area contributed by atoms with Gasteiger partial charge >= 0.3 is 0 Å². The summed E-state index contributed by atoms with van der Waals surface area (Å²) in [6, 6.07) is 5.18. The van der Waals surface area contributed by atoms with Crippen molar-refractivity contribution in [1.82, 2.24) is 9.97 Å². The molecule has 0 amide bonds. The summed E-state index contributed by atoms with van der Waals surface area (Å²) >= 11 is 0. The van der Waals surface area contributed by atoms with E-state index in [9.17, 15) is 10.2 Å². The quantitative estimate of drug-likeness (QED) is 0.427.